The third-order valence-corrected chi connectivity index (χ3v) is 3.63. The minimum atomic E-state index is -2.82. The molecule has 0 saturated carbocycles. The van der Waals surface area contributed by atoms with Gasteiger partial charge in [-0.25, -0.2) is 28.1 Å². The van der Waals surface area contributed by atoms with Crippen LogP contribution < -0.4 is 10.1 Å². The van der Waals surface area contributed by atoms with Gasteiger partial charge in [0.1, 0.15) is 29.5 Å². The summed E-state index contributed by atoms with van der Waals surface area (Å²) in [6.07, 6.45) is -0.0295. The van der Waals surface area contributed by atoms with Gasteiger partial charge in [0.05, 0.1) is 11.1 Å². The standard InChI is InChI=1S/C14H13Cl2F3N4O/c1-2-8(5-24-14-9(17)3-7(15)4-20-14)23-13-10(16)11(12(18)19)21-6-22-13/h3-4,6,8,12H,2,5H2,1H3,(H,21,22,23)/t8-/m0/s1. The first kappa shape index (κ1) is 18.5. The molecule has 0 radical (unpaired) electrons. The molecule has 2 aromatic heterocycles. The van der Waals surface area contributed by atoms with Crippen LogP contribution in [0.5, 0.6) is 5.88 Å². The second kappa shape index (κ2) is 8.34. The van der Waals surface area contributed by atoms with Gasteiger partial charge < -0.3 is 10.1 Å². The molecule has 10 heteroatoms. The van der Waals surface area contributed by atoms with Crippen molar-refractivity contribution in [3.05, 3.63) is 40.1 Å². The van der Waals surface area contributed by atoms with E-state index in [0.29, 0.717) is 6.42 Å². The van der Waals surface area contributed by atoms with Gasteiger partial charge in [0.15, 0.2) is 5.82 Å². The van der Waals surface area contributed by atoms with Crippen LogP contribution in [-0.4, -0.2) is 27.6 Å². The number of ether oxygens (including phenoxy) is 1. The molecule has 24 heavy (non-hydrogen) atoms. The Morgan fingerprint density at radius 1 is 1.25 bits per heavy atom. The van der Waals surface area contributed by atoms with Gasteiger partial charge in [-0.05, 0) is 12.5 Å². The van der Waals surface area contributed by atoms with Gasteiger partial charge in [-0.3, -0.25) is 0 Å². The van der Waals surface area contributed by atoms with Crippen molar-refractivity contribution in [3.8, 4) is 5.88 Å². The van der Waals surface area contributed by atoms with Crippen molar-refractivity contribution in [2.75, 3.05) is 11.9 Å². The number of hydrogen-bond acceptors (Lipinski definition) is 5. The molecular weight excluding hydrogens is 368 g/mol. The van der Waals surface area contributed by atoms with Gasteiger partial charge >= 0.3 is 0 Å². The monoisotopic (exact) mass is 380 g/mol. The van der Waals surface area contributed by atoms with Gasteiger partial charge in [-0.15, -0.1) is 0 Å². The molecule has 5 nitrogen and oxygen atoms in total. The first-order valence-electron chi connectivity index (χ1n) is 6.91. The van der Waals surface area contributed by atoms with Crippen LogP contribution in [0.1, 0.15) is 25.5 Å². The summed E-state index contributed by atoms with van der Waals surface area (Å²) in [5.74, 6) is -0.846. The van der Waals surface area contributed by atoms with E-state index in [4.69, 9.17) is 27.9 Å². The molecule has 1 N–H and O–H groups in total. The summed E-state index contributed by atoms with van der Waals surface area (Å²) in [5, 5.41) is 2.76. The zero-order valence-corrected chi connectivity index (χ0v) is 14.0. The summed E-state index contributed by atoms with van der Waals surface area (Å²) >= 11 is 11.5. The Labute approximate surface area is 146 Å². The molecule has 2 rings (SSSR count). The molecule has 0 unspecified atom stereocenters. The minimum Gasteiger partial charge on any atom is -0.473 e. The third-order valence-electron chi connectivity index (χ3n) is 3.05. The Kier molecular flexibility index (Phi) is 6.44. The second-order valence-electron chi connectivity index (χ2n) is 4.72. The van der Waals surface area contributed by atoms with Gasteiger partial charge in [-0.2, -0.15) is 0 Å². The maximum atomic E-state index is 13.6. The van der Waals surface area contributed by atoms with Gasteiger partial charge in [0, 0.05) is 6.20 Å². The molecule has 0 saturated heterocycles. The maximum absolute atomic E-state index is 13.6. The van der Waals surface area contributed by atoms with Crippen molar-refractivity contribution in [1.82, 2.24) is 15.0 Å². The summed E-state index contributed by atoms with van der Waals surface area (Å²) in [7, 11) is 0. The fraction of sp³-hybridized carbons (Fsp3) is 0.357. The van der Waals surface area contributed by atoms with E-state index in [1.165, 1.54) is 6.20 Å². The molecule has 0 aliphatic rings. The van der Waals surface area contributed by atoms with E-state index in [2.05, 4.69) is 20.3 Å². The van der Waals surface area contributed by atoms with Gasteiger partial charge in [-0.1, -0.05) is 30.1 Å². The molecule has 0 aliphatic carbocycles. The Balaban J connectivity index is 2.06. The van der Waals surface area contributed by atoms with E-state index in [1.807, 2.05) is 6.92 Å². The van der Waals surface area contributed by atoms with Crippen LogP contribution in [0.2, 0.25) is 10.0 Å². The van der Waals surface area contributed by atoms with E-state index >= 15 is 0 Å². The number of rotatable bonds is 7. The average Bonchev–Trinajstić information content (AvgIpc) is 2.54. The first-order chi connectivity index (χ1) is 11.4. The van der Waals surface area contributed by atoms with Crippen molar-refractivity contribution in [1.29, 1.82) is 0 Å². The number of halogens is 5. The molecule has 0 bridgehead atoms. The lowest BCUT2D eigenvalue weighted by Crippen LogP contribution is -2.27. The molecule has 1 atom stereocenters. The Morgan fingerprint density at radius 2 is 2.00 bits per heavy atom. The molecule has 0 spiro atoms. The van der Waals surface area contributed by atoms with Crippen LogP contribution in [0, 0.1) is 5.82 Å². The van der Waals surface area contributed by atoms with E-state index in [1.54, 1.807) is 0 Å². The summed E-state index contributed by atoms with van der Waals surface area (Å²) in [6, 6.07) is 0.717. The lowest BCUT2D eigenvalue weighted by Gasteiger charge is -2.19. The normalized spacial score (nSPS) is 12.3. The lowest BCUT2D eigenvalue weighted by atomic mass is 10.2. The van der Waals surface area contributed by atoms with Crippen molar-refractivity contribution in [2.24, 2.45) is 0 Å². The molecule has 2 aromatic rings. The fourth-order valence-corrected chi connectivity index (χ4v) is 2.16. The number of aromatic nitrogens is 3. The summed E-state index contributed by atoms with van der Waals surface area (Å²) < 4.78 is 44.5. The third kappa shape index (κ3) is 4.61. The number of alkyl halides is 2. The highest BCUT2D eigenvalue weighted by Crippen LogP contribution is 2.29. The average molecular weight is 381 g/mol. The summed E-state index contributed by atoms with van der Waals surface area (Å²) in [4.78, 5) is 11.0. The number of nitrogens with one attached hydrogen (secondary N) is 1. The highest BCUT2D eigenvalue weighted by atomic mass is 35.5. The van der Waals surface area contributed by atoms with Crippen LogP contribution in [0.3, 0.4) is 0 Å². The van der Waals surface area contributed by atoms with Gasteiger partial charge in [0.25, 0.3) is 12.3 Å². The molecule has 0 aliphatic heterocycles. The number of hydrogen-bond donors (Lipinski definition) is 1. The highest BCUT2D eigenvalue weighted by Gasteiger charge is 2.19. The zero-order chi connectivity index (χ0) is 17.7. The Bertz CT molecular complexity index is 706. The predicted octanol–water partition coefficient (Wildman–Crippen LogP) is 4.52. The topological polar surface area (TPSA) is 59.9 Å². The minimum absolute atomic E-state index is 0.0202. The van der Waals surface area contributed by atoms with E-state index in [-0.39, 0.29) is 34.4 Å². The van der Waals surface area contributed by atoms with Gasteiger partial charge in [0.2, 0.25) is 0 Å². The number of anilines is 1. The fourth-order valence-electron chi connectivity index (χ4n) is 1.78. The molecule has 0 fully saturated rings. The maximum Gasteiger partial charge on any atom is 0.282 e. The van der Waals surface area contributed by atoms with Crippen LogP contribution >= 0.6 is 23.2 Å². The van der Waals surface area contributed by atoms with Crippen molar-refractivity contribution in [3.63, 3.8) is 0 Å². The van der Waals surface area contributed by atoms with Crippen molar-refractivity contribution < 1.29 is 17.9 Å². The Hall–Kier alpha value is -1.80. The summed E-state index contributed by atoms with van der Waals surface area (Å²) in [5.41, 5.74) is -0.560. The van der Waals surface area contributed by atoms with Crippen molar-refractivity contribution >= 4 is 29.0 Å². The van der Waals surface area contributed by atoms with Crippen LogP contribution in [0.25, 0.3) is 0 Å². The van der Waals surface area contributed by atoms with E-state index < -0.39 is 17.9 Å². The van der Waals surface area contributed by atoms with E-state index in [0.717, 1.165) is 12.4 Å². The van der Waals surface area contributed by atoms with Crippen LogP contribution in [0.4, 0.5) is 19.0 Å². The molecule has 2 heterocycles. The predicted molar refractivity (Wildman–Crippen MR) is 84.4 cm³/mol. The lowest BCUT2D eigenvalue weighted by molar-refractivity contribution is 0.146. The van der Waals surface area contributed by atoms with Crippen LogP contribution in [-0.2, 0) is 0 Å². The number of nitrogens with zero attached hydrogens (tertiary/aromatic N) is 3. The first-order valence-corrected chi connectivity index (χ1v) is 7.66. The zero-order valence-electron chi connectivity index (χ0n) is 12.4. The second-order valence-corrected chi connectivity index (χ2v) is 5.54. The highest BCUT2D eigenvalue weighted by molar-refractivity contribution is 6.33. The largest absolute Gasteiger partial charge is 0.473 e. The molecule has 0 aromatic carbocycles. The van der Waals surface area contributed by atoms with Crippen molar-refractivity contribution in [2.45, 2.75) is 25.8 Å². The quantitative estimate of drug-likeness (QED) is 0.764. The molecule has 0 amide bonds. The smallest absolute Gasteiger partial charge is 0.282 e. The molecule has 130 valence electrons. The molecular formula is C14H13Cl2F3N4O. The van der Waals surface area contributed by atoms with Crippen LogP contribution in [0.15, 0.2) is 18.6 Å². The number of pyridine rings is 1. The SMILES string of the molecule is CC[C@@H](COc1ncc(Cl)cc1F)Nc1ncnc(C(F)F)c1Cl. The Morgan fingerprint density at radius 3 is 2.62 bits per heavy atom. The van der Waals surface area contributed by atoms with E-state index in [9.17, 15) is 13.2 Å². The summed E-state index contributed by atoms with van der Waals surface area (Å²) in [6.45, 7) is 1.85.